The van der Waals surface area contributed by atoms with Gasteiger partial charge in [0.05, 0.1) is 21.3 Å². The third-order valence-corrected chi connectivity index (χ3v) is 6.24. The number of methoxy groups -OCH3 is 3. The Kier molecular flexibility index (Phi) is 5.71. The molecule has 1 saturated carbocycles. The average molecular weight is 375 g/mol. The summed E-state index contributed by atoms with van der Waals surface area (Å²) in [6.07, 6.45) is 4.64. The Labute approximate surface area is 158 Å². The monoisotopic (exact) mass is 375 g/mol. The van der Waals surface area contributed by atoms with Crippen LogP contribution in [0, 0.1) is 0 Å². The minimum absolute atomic E-state index is 0.0600. The van der Waals surface area contributed by atoms with E-state index in [1.807, 2.05) is 0 Å². The summed E-state index contributed by atoms with van der Waals surface area (Å²) >= 11 is 1.78. The van der Waals surface area contributed by atoms with Crippen LogP contribution >= 0.6 is 11.3 Å². The summed E-state index contributed by atoms with van der Waals surface area (Å²) in [6, 6.07) is 7.63. The van der Waals surface area contributed by atoms with Crippen molar-refractivity contribution in [2.45, 2.75) is 31.1 Å². The zero-order valence-electron chi connectivity index (χ0n) is 15.5. The zero-order chi connectivity index (χ0) is 18.6. The zero-order valence-corrected chi connectivity index (χ0v) is 16.3. The second kappa shape index (κ2) is 7.99. The first-order chi connectivity index (χ1) is 12.6. The molecule has 0 saturated heterocycles. The standard InChI is InChI=1S/C20H25NO4S/c1-23-15-11-14(12-16(24-2)18(15)25-3)19(22)21-13-20(8-4-5-9-20)17-7-6-10-26-17/h6-7,10-12H,4-5,8-9,13H2,1-3H3,(H,21,22). The van der Waals surface area contributed by atoms with E-state index < -0.39 is 0 Å². The Hall–Kier alpha value is -2.21. The molecule has 1 aliphatic rings. The Balaban J connectivity index is 1.80. The second-order valence-electron chi connectivity index (χ2n) is 6.56. The van der Waals surface area contributed by atoms with Crippen LogP contribution in [0.5, 0.6) is 17.2 Å². The van der Waals surface area contributed by atoms with Gasteiger partial charge < -0.3 is 19.5 Å². The molecule has 2 aromatic rings. The molecule has 6 heteroatoms. The lowest BCUT2D eigenvalue weighted by molar-refractivity contribution is 0.0942. The van der Waals surface area contributed by atoms with Crippen LogP contribution < -0.4 is 19.5 Å². The van der Waals surface area contributed by atoms with E-state index in [1.165, 1.54) is 17.7 Å². The predicted octanol–water partition coefficient (Wildman–Crippen LogP) is 4.02. The van der Waals surface area contributed by atoms with E-state index in [1.54, 1.807) is 44.8 Å². The molecule has 1 N–H and O–H groups in total. The number of hydrogen-bond acceptors (Lipinski definition) is 5. The lowest BCUT2D eigenvalue weighted by atomic mass is 9.84. The molecule has 3 rings (SSSR count). The maximum atomic E-state index is 12.8. The van der Waals surface area contributed by atoms with Gasteiger partial charge in [0.2, 0.25) is 5.75 Å². The molecular formula is C20H25NO4S. The van der Waals surface area contributed by atoms with Gasteiger partial charge in [0.1, 0.15) is 0 Å². The highest BCUT2D eigenvalue weighted by Crippen LogP contribution is 2.43. The fourth-order valence-corrected chi connectivity index (χ4v) is 4.69. The maximum Gasteiger partial charge on any atom is 0.251 e. The van der Waals surface area contributed by atoms with Crippen LogP contribution in [0.1, 0.15) is 40.9 Å². The third kappa shape index (κ3) is 3.51. The average Bonchev–Trinajstić information content (AvgIpc) is 3.37. The fraction of sp³-hybridized carbons (Fsp3) is 0.450. The highest BCUT2D eigenvalue weighted by molar-refractivity contribution is 7.10. The topological polar surface area (TPSA) is 56.8 Å². The molecule has 1 aliphatic carbocycles. The predicted molar refractivity (Wildman–Crippen MR) is 103 cm³/mol. The molecule has 1 amide bonds. The number of thiophene rings is 1. The van der Waals surface area contributed by atoms with Crippen molar-refractivity contribution in [1.29, 1.82) is 0 Å². The number of ether oxygens (including phenoxy) is 3. The van der Waals surface area contributed by atoms with Gasteiger partial charge in [-0.3, -0.25) is 4.79 Å². The molecule has 1 aromatic heterocycles. The molecule has 0 aliphatic heterocycles. The summed E-state index contributed by atoms with van der Waals surface area (Å²) in [6.45, 7) is 0.642. The van der Waals surface area contributed by atoms with Crippen LogP contribution in [0.15, 0.2) is 29.6 Å². The normalized spacial score (nSPS) is 15.5. The molecular weight excluding hydrogens is 350 g/mol. The number of nitrogens with one attached hydrogen (secondary N) is 1. The number of amides is 1. The molecule has 26 heavy (non-hydrogen) atoms. The van der Waals surface area contributed by atoms with Gasteiger partial charge >= 0.3 is 0 Å². The number of benzene rings is 1. The molecule has 5 nitrogen and oxygen atoms in total. The van der Waals surface area contributed by atoms with Crippen LogP contribution in [0.25, 0.3) is 0 Å². The van der Waals surface area contributed by atoms with Gasteiger partial charge in [-0.05, 0) is 36.4 Å². The van der Waals surface area contributed by atoms with Crippen molar-refractivity contribution >= 4 is 17.2 Å². The summed E-state index contributed by atoms with van der Waals surface area (Å²) in [5, 5.41) is 5.23. The van der Waals surface area contributed by atoms with E-state index in [9.17, 15) is 4.79 Å². The Morgan fingerprint density at radius 2 is 1.77 bits per heavy atom. The van der Waals surface area contributed by atoms with Crippen molar-refractivity contribution in [3.63, 3.8) is 0 Å². The summed E-state index contributed by atoms with van der Waals surface area (Å²) in [5.41, 5.74) is 0.559. The van der Waals surface area contributed by atoms with Gasteiger partial charge in [-0.1, -0.05) is 18.9 Å². The molecule has 0 atom stereocenters. The van der Waals surface area contributed by atoms with Crippen molar-refractivity contribution in [3.05, 3.63) is 40.1 Å². The van der Waals surface area contributed by atoms with E-state index in [0.29, 0.717) is 29.4 Å². The number of carbonyl (C=O) groups is 1. The summed E-state index contributed by atoms with van der Waals surface area (Å²) < 4.78 is 16.0. The first-order valence-corrected chi connectivity index (χ1v) is 9.63. The molecule has 140 valence electrons. The quantitative estimate of drug-likeness (QED) is 0.794. The molecule has 1 aromatic carbocycles. The van der Waals surface area contributed by atoms with Gasteiger partial charge in [-0.15, -0.1) is 11.3 Å². The maximum absolute atomic E-state index is 12.8. The van der Waals surface area contributed by atoms with Crippen LogP contribution in [-0.4, -0.2) is 33.8 Å². The third-order valence-electron chi connectivity index (χ3n) is 5.12. The summed E-state index contributed by atoms with van der Waals surface area (Å²) in [5.74, 6) is 1.31. The Bertz CT molecular complexity index is 726. The van der Waals surface area contributed by atoms with Crippen molar-refractivity contribution in [3.8, 4) is 17.2 Å². The first-order valence-electron chi connectivity index (χ1n) is 8.76. The van der Waals surface area contributed by atoms with Crippen LogP contribution in [-0.2, 0) is 5.41 Å². The van der Waals surface area contributed by atoms with E-state index in [2.05, 4.69) is 22.8 Å². The van der Waals surface area contributed by atoms with E-state index in [-0.39, 0.29) is 11.3 Å². The highest BCUT2D eigenvalue weighted by Gasteiger charge is 2.36. The highest BCUT2D eigenvalue weighted by atomic mass is 32.1. The molecule has 1 heterocycles. The molecule has 0 bridgehead atoms. The van der Waals surface area contributed by atoms with Crippen LogP contribution in [0.2, 0.25) is 0 Å². The van der Waals surface area contributed by atoms with Gasteiger partial charge in [0.15, 0.2) is 11.5 Å². The molecule has 1 fully saturated rings. The number of hydrogen-bond donors (Lipinski definition) is 1. The Morgan fingerprint density at radius 1 is 1.12 bits per heavy atom. The van der Waals surface area contributed by atoms with E-state index in [0.717, 1.165) is 12.8 Å². The van der Waals surface area contributed by atoms with Crippen LogP contribution in [0.3, 0.4) is 0 Å². The van der Waals surface area contributed by atoms with Crippen molar-refractivity contribution in [1.82, 2.24) is 5.32 Å². The first kappa shape index (κ1) is 18.6. The molecule has 0 unspecified atom stereocenters. The van der Waals surface area contributed by atoms with Crippen molar-refractivity contribution < 1.29 is 19.0 Å². The lowest BCUT2D eigenvalue weighted by Crippen LogP contribution is -2.38. The largest absolute Gasteiger partial charge is 0.493 e. The molecule has 0 spiro atoms. The van der Waals surface area contributed by atoms with Crippen molar-refractivity contribution in [2.24, 2.45) is 0 Å². The second-order valence-corrected chi connectivity index (χ2v) is 7.51. The smallest absolute Gasteiger partial charge is 0.251 e. The summed E-state index contributed by atoms with van der Waals surface area (Å²) in [7, 11) is 4.64. The molecule has 0 radical (unpaired) electrons. The SMILES string of the molecule is COc1cc(C(=O)NCC2(c3cccs3)CCCC2)cc(OC)c1OC. The van der Waals surface area contributed by atoms with Gasteiger partial charge in [-0.2, -0.15) is 0 Å². The van der Waals surface area contributed by atoms with Gasteiger partial charge in [0.25, 0.3) is 5.91 Å². The van der Waals surface area contributed by atoms with E-state index >= 15 is 0 Å². The van der Waals surface area contributed by atoms with Crippen LogP contribution in [0.4, 0.5) is 0 Å². The van der Waals surface area contributed by atoms with E-state index in [4.69, 9.17) is 14.2 Å². The Morgan fingerprint density at radius 3 is 2.27 bits per heavy atom. The fourth-order valence-electron chi connectivity index (χ4n) is 3.71. The minimum atomic E-state index is -0.132. The number of rotatable bonds is 7. The summed E-state index contributed by atoms with van der Waals surface area (Å²) in [4.78, 5) is 14.2. The lowest BCUT2D eigenvalue weighted by Gasteiger charge is -2.28. The number of carbonyl (C=O) groups excluding carboxylic acids is 1. The van der Waals surface area contributed by atoms with Gasteiger partial charge in [0, 0.05) is 22.4 Å². The van der Waals surface area contributed by atoms with Crippen molar-refractivity contribution in [2.75, 3.05) is 27.9 Å². The minimum Gasteiger partial charge on any atom is -0.493 e. The van der Waals surface area contributed by atoms with Gasteiger partial charge in [-0.25, -0.2) is 0 Å².